The van der Waals surface area contributed by atoms with E-state index in [4.69, 9.17) is 46.4 Å². The molecule has 1 fully saturated rings. The van der Waals surface area contributed by atoms with E-state index in [9.17, 15) is 14.4 Å². The van der Waals surface area contributed by atoms with E-state index in [-0.39, 0.29) is 20.8 Å². The molecule has 0 unspecified atom stereocenters. The van der Waals surface area contributed by atoms with Crippen molar-refractivity contribution in [3.8, 4) is 0 Å². The Kier molecular flexibility index (Phi) is 6.01. The van der Waals surface area contributed by atoms with E-state index >= 15 is 0 Å². The molecule has 0 saturated carbocycles. The Morgan fingerprint density at radius 2 is 1.79 bits per heavy atom. The third-order valence-corrected chi connectivity index (χ3v) is 5.94. The van der Waals surface area contributed by atoms with Crippen LogP contribution in [0.15, 0.2) is 30.3 Å². The van der Waals surface area contributed by atoms with E-state index in [1.54, 1.807) is 31.2 Å². The van der Waals surface area contributed by atoms with E-state index in [0.717, 1.165) is 4.90 Å². The van der Waals surface area contributed by atoms with Gasteiger partial charge in [0, 0.05) is 15.6 Å². The van der Waals surface area contributed by atoms with Crippen LogP contribution >= 0.6 is 46.4 Å². The van der Waals surface area contributed by atoms with Crippen molar-refractivity contribution in [2.75, 3.05) is 11.9 Å². The number of nitrogens with zero attached hydrogens (tertiary/aromatic N) is 1. The summed E-state index contributed by atoms with van der Waals surface area (Å²) in [7, 11) is 0. The number of anilines is 1. The zero-order chi connectivity index (χ0) is 21.5. The molecule has 1 aliphatic rings. The highest BCUT2D eigenvalue weighted by Gasteiger charge is 2.50. The van der Waals surface area contributed by atoms with Gasteiger partial charge in [-0.05, 0) is 37.6 Å². The van der Waals surface area contributed by atoms with Crippen LogP contribution in [0.1, 0.15) is 18.1 Å². The van der Waals surface area contributed by atoms with Gasteiger partial charge in [-0.15, -0.1) is 0 Å². The monoisotopic (exact) mass is 473 g/mol. The van der Waals surface area contributed by atoms with Crippen LogP contribution in [0.5, 0.6) is 0 Å². The average molecular weight is 475 g/mol. The number of rotatable bonds is 4. The summed E-state index contributed by atoms with van der Waals surface area (Å²) >= 11 is 24.4. The van der Waals surface area contributed by atoms with Gasteiger partial charge in [-0.1, -0.05) is 58.5 Å². The molecule has 0 bridgehead atoms. The minimum Gasteiger partial charge on any atom is -0.322 e. The van der Waals surface area contributed by atoms with Gasteiger partial charge in [0.1, 0.15) is 12.1 Å². The zero-order valence-electron chi connectivity index (χ0n) is 15.3. The molecule has 2 N–H and O–H groups in total. The summed E-state index contributed by atoms with van der Waals surface area (Å²) in [6.07, 6.45) is 0. The Morgan fingerprint density at radius 1 is 1.10 bits per heavy atom. The van der Waals surface area contributed by atoms with E-state index in [1.807, 2.05) is 0 Å². The van der Waals surface area contributed by atoms with Crippen LogP contribution in [-0.4, -0.2) is 29.3 Å². The summed E-state index contributed by atoms with van der Waals surface area (Å²) in [6.45, 7) is 2.74. The number of imide groups is 1. The highest BCUT2D eigenvalue weighted by Crippen LogP contribution is 2.35. The van der Waals surface area contributed by atoms with Crippen LogP contribution in [0.2, 0.25) is 20.1 Å². The third kappa shape index (κ3) is 4.03. The number of hydrogen-bond donors (Lipinski definition) is 2. The molecule has 0 aliphatic carbocycles. The van der Waals surface area contributed by atoms with Crippen molar-refractivity contribution >= 4 is 69.9 Å². The maximum Gasteiger partial charge on any atom is 0.325 e. The summed E-state index contributed by atoms with van der Waals surface area (Å²) in [6, 6.07) is 7.16. The van der Waals surface area contributed by atoms with E-state index in [2.05, 4.69) is 10.6 Å². The standard InChI is InChI=1S/C19H15Cl4N3O3/c1-9-3-6-12(21)16(15(9)23)24-14(27)8-26-17(28)19(2,25-18(26)29)11-5-4-10(20)7-13(11)22/h3-7H,8H2,1-2H3,(H,24,27)(H,25,29)/t19-/m1/s1. The van der Waals surface area contributed by atoms with Crippen molar-refractivity contribution in [1.29, 1.82) is 0 Å². The number of halogens is 4. The molecule has 3 rings (SSSR count). The van der Waals surface area contributed by atoms with Crippen LogP contribution in [0.25, 0.3) is 0 Å². The lowest BCUT2D eigenvalue weighted by Crippen LogP contribution is -2.42. The van der Waals surface area contributed by atoms with E-state index in [0.29, 0.717) is 16.1 Å². The summed E-state index contributed by atoms with van der Waals surface area (Å²) in [5.74, 6) is -1.25. The molecule has 1 heterocycles. The number of hydrogen-bond acceptors (Lipinski definition) is 3. The minimum atomic E-state index is -1.43. The molecule has 1 saturated heterocycles. The van der Waals surface area contributed by atoms with Crippen molar-refractivity contribution < 1.29 is 14.4 Å². The van der Waals surface area contributed by atoms with E-state index in [1.165, 1.54) is 13.0 Å². The molecule has 10 heteroatoms. The van der Waals surface area contributed by atoms with Crippen LogP contribution in [-0.2, 0) is 15.1 Å². The average Bonchev–Trinajstić information content (AvgIpc) is 2.85. The Bertz CT molecular complexity index is 1040. The fourth-order valence-electron chi connectivity index (χ4n) is 3.01. The molecule has 1 aliphatic heterocycles. The first kappa shape index (κ1) is 21.7. The molecule has 6 nitrogen and oxygen atoms in total. The molecule has 2 aromatic rings. The van der Waals surface area contributed by atoms with Crippen molar-refractivity contribution in [3.05, 3.63) is 61.5 Å². The fourth-order valence-corrected chi connectivity index (χ4v) is 4.07. The topological polar surface area (TPSA) is 78.5 Å². The number of urea groups is 1. The first-order valence-electron chi connectivity index (χ1n) is 8.38. The van der Waals surface area contributed by atoms with Crippen LogP contribution in [0, 0.1) is 6.92 Å². The van der Waals surface area contributed by atoms with Gasteiger partial charge in [0.25, 0.3) is 5.91 Å². The van der Waals surface area contributed by atoms with Gasteiger partial charge in [0.05, 0.1) is 15.7 Å². The number of aryl methyl sites for hydroxylation is 1. The molecule has 1 atom stereocenters. The quantitative estimate of drug-likeness (QED) is 0.611. The molecular formula is C19H15Cl4N3O3. The predicted octanol–water partition coefficient (Wildman–Crippen LogP) is 5.01. The van der Waals surface area contributed by atoms with Gasteiger partial charge >= 0.3 is 6.03 Å². The van der Waals surface area contributed by atoms with Gasteiger partial charge in [-0.3, -0.25) is 14.5 Å². The Hall–Kier alpha value is -1.99. The molecule has 0 aromatic heterocycles. The summed E-state index contributed by atoms with van der Waals surface area (Å²) in [4.78, 5) is 38.7. The van der Waals surface area contributed by atoms with Gasteiger partial charge in [0.2, 0.25) is 5.91 Å². The Morgan fingerprint density at radius 3 is 2.45 bits per heavy atom. The number of amides is 4. The summed E-state index contributed by atoms with van der Waals surface area (Å²) < 4.78 is 0. The van der Waals surface area contributed by atoms with Crippen LogP contribution in [0.3, 0.4) is 0 Å². The number of carbonyl (C=O) groups is 3. The van der Waals surface area contributed by atoms with E-state index < -0.39 is 29.9 Å². The summed E-state index contributed by atoms with van der Waals surface area (Å²) in [5, 5.41) is 6.27. The lowest BCUT2D eigenvalue weighted by atomic mass is 9.92. The van der Waals surface area contributed by atoms with Gasteiger partial charge < -0.3 is 10.6 Å². The van der Waals surface area contributed by atoms with Gasteiger partial charge in [-0.2, -0.15) is 0 Å². The predicted molar refractivity (Wildman–Crippen MR) is 114 cm³/mol. The molecule has 152 valence electrons. The van der Waals surface area contributed by atoms with Gasteiger partial charge in [0.15, 0.2) is 0 Å². The SMILES string of the molecule is Cc1ccc(Cl)c(NC(=O)CN2C(=O)N[C@](C)(c3ccc(Cl)cc3Cl)C2=O)c1Cl. The number of nitrogens with one attached hydrogen (secondary N) is 2. The normalized spacial score (nSPS) is 18.8. The Balaban J connectivity index is 1.82. The Labute approximate surface area is 187 Å². The molecular weight excluding hydrogens is 460 g/mol. The fraction of sp³-hybridized carbons (Fsp3) is 0.211. The second-order valence-corrected chi connectivity index (χ2v) is 8.30. The third-order valence-electron chi connectivity index (χ3n) is 4.60. The smallest absolute Gasteiger partial charge is 0.322 e. The first-order chi connectivity index (χ1) is 13.5. The molecule has 0 radical (unpaired) electrons. The van der Waals surface area contributed by atoms with Crippen molar-refractivity contribution in [2.24, 2.45) is 0 Å². The van der Waals surface area contributed by atoms with Crippen molar-refractivity contribution in [1.82, 2.24) is 10.2 Å². The van der Waals surface area contributed by atoms with Gasteiger partial charge in [-0.25, -0.2) is 4.79 Å². The molecule has 29 heavy (non-hydrogen) atoms. The van der Waals surface area contributed by atoms with Crippen molar-refractivity contribution in [2.45, 2.75) is 19.4 Å². The zero-order valence-corrected chi connectivity index (χ0v) is 18.3. The lowest BCUT2D eigenvalue weighted by molar-refractivity contribution is -0.133. The maximum absolute atomic E-state index is 13.0. The molecule has 2 aromatic carbocycles. The van der Waals surface area contributed by atoms with Crippen LogP contribution < -0.4 is 10.6 Å². The van der Waals surface area contributed by atoms with Crippen LogP contribution in [0.4, 0.5) is 10.5 Å². The first-order valence-corrected chi connectivity index (χ1v) is 9.90. The second-order valence-electron chi connectivity index (χ2n) is 6.67. The lowest BCUT2D eigenvalue weighted by Gasteiger charge is -2.23. The second kappa shape index (κ2) is 8.03. The number of benzene rings is 2. The molecule has 0 spiro atoms. The highest BCUT2D eigenvalue weighted by atomic mass is 35.5. The van der Waals surface area contributed by atoms with Crippen molar-refractivity contribution in [3.63, 3.8) is 0 Å². The largest absolute Gasteiger partial charge is 0.325 e. The minimum absolute atomic E-state index is 0.217. The number of carbonyl (C=O) groups excluding carboxylic acids is 3. The summed E-state index contributed by atoms with van der Waals surface area (Å²) in [5.41, 5.74) is -0.132. The molecule has 4 amide bonds. The maximum atomic E-state index is 13.0. The highest BCUT2D eigenvalue weighted by molar-refractivity contribution is 6.40.